The molecule has 122 valence electrons. The molecule has 2 N–H and O–H groups in total. The molecule has 6 heteroatoms. The lowest BCUT2D eigenvalue weighted by molar-refractivity contribution is 0.529. The van der Waals surface area contributed by atoms with Gasteiger partial charge in [0, 0.05) is 17.4 Å². The third kappa shape index (κ3) is 3.09. The van der Waals surface area contributed by atoms with Gasteiger partial charge < -0.3 is 10.2 Å². The van der Waals surface area contributed by atoms with Crippen molar-refractivity contribution in [1.82, 2.24) is 0 Å². The number of hydrogen-bond donors (Lipinski definition) is 1. The molecule has 3 aromatic rings. The molecule has 0 aliphatic heterocycles. The summed E-state index contributed by atoms with van der Waals surface area (Å²) >= 11 is 0. The van der Waals surface area contributed by atoms with E-state index in [1.165, 1.54) is 12.1 Å². The lowest BCUT2D eigenvalue weighted by Gasteiger charge is -2.08. The first kappa shape index (κ1) is 16.0. The van der Waals surface area contributed by atoms with Crippen LogP contribution in [-0.2, 0) is 9.84 Å². The van der Waals surface area contributed by atoms with E-state index in [9.17, 15) is 13.2 Å². The van der Waals surface area contributed by atoms with E-state index in [-0.39, 0.29) is 10.6 Å². The van der Waals surface area contributed by atoms with Crippen LogP contribution in [0.3, 0.4) is 0 Å². The molecule has 24 heavy (non-hydrogen) atoms. The number of nitrogen functional groups attached to an aromatic ring is 1. The number of sulfone groups is 1. The Morgan fingerprint density at radius 1 is 0.917 bits per heavy atom. The Hall–Kier alpha value is -2.86. The SMILES string of the molecule is CS(=O)(=O)c1ccc(-c2cc(-c3ccccc3)c(N)c(=O)o2)cc1. The van der Waals surface area contributed by atoms with Crippen molar-refractivity contribution < 1.29 is 12.8 Å². The van der Waals surface area contributed by atoms with Crippen LogP contribution in [0.2, 0.25) is 0 Å². The summed E-state index contributed by atoms with van der Waals surface area (Å²) in [6, 6.07) is 17.1. The lowest BCUT2D eigenvalue weighted by atomic mass is 10.0. The number of rotatable bonds is 3. The molecule has 0 atom stereocenters. The van der Waals surface area contributed by atoms with Crippen LogP contribution in [0, 0.1) is 0 Å². The van der Waals surface area contributed by atoms with E-state index in [0.717, 1.165) is 11.8 Å². The molecule has 2 aromatic carbocycles. The second kappa shape index (κ2) is 5.98. The van der Waals surface area contributed by atoms with Crippen LogP contribution >= 0.6 is 0 Å². The maximum absolute atomic E-state index is 12.0. The van der Waals surface area contributed by atoms with Gasteiger partial charge in [-0.05, 0) is 35.9 Å². The Morgan fingerprint density at radius 3 is 2.12 bits per heavy atom. The molecule has 0 fully saturated rings. The predicted octanol–water partition coefficient (Wildman–Crippen LogP) is 2.96. The Balaban J connectivity index is 2.13. The van der Waals surface area contributed by atoms with Crippen LogP contribution in [0.5, 0.6) is 0 Å². The third-order valence-electron chi connectivity index (χ3n) is 3.64. The zero-order chi connectivity index (χ0) is 17.3. The molecule has 0 saturated heterocycles. The monoisotopic (exact) mass is 341 g/mol. The maximum Gasteiger partial charge on any atom is 0.360 e. The molecule has 1 heterocycles. The fourth-order valence-electron chi connectivity index (χ4n) is 2.37. The summed E-state index contributed by atoms with van der Waals surface area (Å²) in [5, 5.41) is 0. The molecule has 0 saturated carbocycles. The van der Waals surface area contributed by atoms with Crippen molar-refractivity contribution in [3.05, 3.63) is 71.1 Å². The molecular weight excluding hydrogens is 326 g/mol. The van der Waals surface area contributed by atoms with Crippen molar-refractivity contribution in [3.63, 3.8) is 0 Å². The Morgan fingerprint density at radius 2 is 1.54 bits per heavy atom. The van der Waals surface area contributed by atoms with Crippen molar-refractivity contribution >= 4 is 15.5 Å². The van der Waals surface area contributed by atoms with Crippen molar-refractivity contribution in [2.45, 2.75) is 4.90 Å². The Labute approximate surface area is 139 Å². The molecule has 0 aliphatic rings. The highest BCUT2D eigenvalue weighted by atomic mass is 32.2. The summed E-state index contributed by atoms with van der Waals surface area (Å²) in [6.45, 7) is 0. The van der Waals surface area contributed by atoms with Crippen molar-refractivity contribution in [2.75, 3.05) is 12.0 Å². The number of nitrogens with two attached hydrogens (primary N) is 1. The Bertz CT molecular complexity index is 1040. The summed E-state index contributed by atoms with van der Waals surface area (Å²) in [5.74, 6) is 0.327. The normalized spacial score (nSPS) is 11.4. The minimum atomic E-state index is -3.28. The summed E-state index contributed by atoms with van der Waals surface area (Å²) < 4.78 is 28.3. The topological polar surface area (TPSA) is 90.4 Å². The van der Waals surface area contributed by atoms with E-state index in [0.29, 0.717) is 16.9 Å². The first-order chi connectivity index (χ1) is 11.4. The van der Waals surface area contributed by atoms with Gasteiger partial charge in [0.2, 0.25) is 0 Å². The van der Waals surface area contributed by atoms with Gasteiger partial charge in [0.1, 0.15) is 11.4 Å². The zero-order valence-electron chi connectivity index (χ0n) is 12.9. The third-order valence-corrected chi connectivity index (χ3v) is 4.77. The fraction of sp³-hybridized carbons (Fsp3) is 0.0556. The second-order valence-corrected chi connectivity index (χ2v) is 7.40. The van der Waals surface area contributed by atoms with Gasteiger partial charge in [0.25, 0.3) is 0 Å². The molecule has 1 aromatic heterocycles. The molecule has 0 spiro atoms. The highest BCUT2D eigenvalue weighted by molar-refractivity contribution is 7.90. The summed E-state index contributed by atoms with van der Waals surface area (Å²) in [4.78, 5) is 12.2. The van der Waals surface area contributed by atoms with E-state index in [1.807, 2.05) is 30.3 Å². The minimum Gasteiger partial charge on any atom is -0.421 e. The van der Waals surface area contributed by atoms with Crippen LogP contribution < -0.4 is 11.4 Å². The largest absolute Gasteiger partial charge is 0.421 e. The van der Waals surface area contributed by atoms with Gasteiger partial charge in [-0.3, -0.25) is 0 Å². The lowest BCUT2D eigenvalue weighted by Crippen LogP contribution is -2.09. The van der Waals surface area contributed by atoms with Gasteiger partial charge in [-0.15, -0.1) is 0 Å². The molecule has 0 bridgehead atoms. The van der Waals surface area contributed by atoms with Gasteiger partial charge >= 0.3 is 5.63 Å². The van der Waals surface area contributed by atoms with Crippen molar-refractivity contribution in [1.29, 1.82) is 0 Å². The number of hydrogen-bond acceptors (Lipinski definition) is 5. The van der Waals surface area contributed by atoms with Gasteiger partial charge in [-0.1, -0.05) is 30.3 Å². The zero-order valence-corrected chi connectivity index (χ0v) is 13.7. The van der Waals surface area contributed by atoms with E-state index < -0.39 is 15.5 Å². The van der Waals surface area contributed by atoms with Crippen LogP contribution in [0.15, 0.2) is 74.8 Å². The van der Waals surface area contributed by atoms with Crippen LogP contribution in [0.25, 0.3) is 22.5 Å². The molecule has 3 rings (SSSR count). The molecule has 0 aliphatic carbocycles. The first-order valence-corrected chi connectivity index (χ1v) is 9.05. The van der Waals surface area contributed by atoms with Gasteiger partial charge in [0.05, 0.1) is 4.90 Å². The average molecular weight is 341 g/mol. The first-order valence-electron chi connectivity index (χ1n) is 7.16. The van der Waals surface area contributed by atoms with Gasteiger partial charge in [-0.2, -0.15) is 0 Å². The Kier molecular flexibility index (Phi) is 3.99. The van der Waals surface area contributed by atoms with E-state index in [1.54, 1.807) is 18.2 Å². The highest BCUT2D eigenvalue weighted by Gasteiger charge is 2.13. The van der Waals surface area contributed by atoms with Crippen LogP contribution in [-0.4, -0.2) is 14.7 Å². The van der Waals surface area contributed by atoms with Crippen molar-refractivity contribution in [3.8, 4) is 22.5 Å². The smallest absolute Gasteiger partial charge is 0.360 e. The summed E-state index contributed by atoms with van der Waals surface area (Å²) in [6.07, 6.45) is 1.14. The van der Waals surface area contributed by atoms with Crippen LogP contribution in [0.4, 0.5) is 5.69 Å². The van der Waals surface area contributed by atoms with E-state index in [2.05, 4.69) is 0 Å². The maximum atomic E-state index is 12.0. The highest BCUT2D eigenvalue weighted by Crippen LogP contribution is 2.29. The predicted molar refractivity (Wildman–Crippen MR) is 93.4 cm³/mol. The summed E-state index contributed by atoms with van der Waals surface area (Å²) in [7, 11) is -3.28. The van der Waals surface area contributed by atoms with Gasteiger partial charge in [-0.25, -0.2) is 13.2 Å². The van der Waals surface area contributed by atoms with Crippen molar-refractivity contribution in [2.24, 2.45) is 0 Å². The molecule has 5 nitrogen and oxygen atoms in total. The molecule has 0 amide bonds. The van der Waals surface area contributed by atoms with Crippen LogP contribution in [0.1, 0.15) is 0 Å². The molecule has 0 radical (unpaired) electrons. The van der Waals surface area contributed by atoms with E-state index >= 15 is 0 Å². The fourth-order valence-corrected chi connectivity index (χ4v) is 3.00. The number of anilines is 1. The quantitative estimate of drug-likeness (QED) is 0.791. The second-order valence-electron chi connectivity index (χ2n) is 5.39. The molecule has 0 unspecified atom stereocenters. The van der Waals surface area contributed by atoms with Gasteiger partial charge in [0.15, 0.2) is 9.84 Å². The minimum absolute atomic E-state index is 0.0395. The standard InChI is InChI=1S/C18H15NO4S/c1-24(21,22)14-9-7-13(8-10-14)16-11-15(17(19)18(20)23-16)12-5-3-2-4-6-12/h2-11H,19H2,1H3. The number of benzene rings is 2. The average Bonchev–Trinajstić information content (AvgIpc) is 2.57. The summed E-state index contributed by atoms with van der Waals surface area (Å²) in [5.41, 5.74) is 7.25. The van der Waals surface area contributed by atoms with E-state index in [4.69, 9.17) is 10.2 Å². The molecular formula is C18H15NO4S.